The molecule has 0 bridgehead atoms. The van der Waals surface area contributed by atoms with Crippen LogP contribution in [0.1, 0.15) is 24.2 Å². The van der Waals surface area contributed by atoms with Gasteiger partial charge in [0.05, 0.1) is 24.0 Å². The van der Waals surface area contributed by atoms with E-state index in [1.54, 1.807) is 24.3 Å². The number of thiocarbonyl (C=S) groups is 1. The normalized spacial score (nSPS) is 13.6. The van der Waals surface area contributed by atoms with Gasteiger partial charge in [0.25, 0.3) is 5.91 Å². The molecule has 10 heteroatoms. The van der Waals surface area contributed by atoms with Crippen LogP contribution in [-0.2, 0) is 4.79 Å². The Hall–Kier alpha value is -2.36. The predicted octanol–water partition coefficient (Wildman–Crippen LogP) is 4.54. The van der Waals surface area contributed by atoms with Gasteiger partial charge in [-0.05, 0) is 48.6 Å². The summed E-state index contributed by atoms with van der Waals surface area (Å²) in [4.78, 5) is 29.1. The van der Waals surface area contributed by atoms with Gasteiger partial charge in [0.1, 0.15) is 5.75 Å². The van der Waals surface area contributed by atoms with E-state index in [0.29, 0.717) is 48.2 Å². The summed E-state index contributed by atoms with van der Waals surface area (Å²) in [6, 6.07) is 10.6. The Kier molecular flexibility index (Phi) is 8.56. The molecule has 0 saturated carbocycles. The number of hydrogen-bond donors (Lipinski definition) is 2. The van der Waals surface area contributed by atoms with Crippen LogP contribution in [0.25, 0.3) is 0 Å². The van der Waals surface area contributed by atoms with E-state index in [1.165, 1.54) is 7.11 Å². The van der Waals surface area contributed by atoms with Crippen molar-refractivity contribution in [1.29, 1.82) is 0 Å². The maximum absolute atomic E-state index is 12.8. The average molecular weight is 554 g/mol. The Labute approximate surface area is 212 Å². The van der Waals surface area contributed by atoms with Crippen molar-refractivity contribution in [2.75, 3.05) is 43.5 Å². The standard InChI is InChI=1S/C23H26BrClN4O3S/c1-14(2)22(31)29-10-8-28(9-11-29)19-6-5-16(25)13-18(19)26-23(33)27-21(30)17-12-15(24)4-7-20(17)32-3/h4-7,12-14H,8-11H2,1-3H3,(H2,26,27,30,33). The summed E-state index contributed by atoms with van der Waals surface area (Å²) in [7, 11) is 1.50. The van der Waals surface area contributed by atoms with Crippen LogP contribution in [0.2, 0.25) is 5.02 Å². The van der Waals surface area contributed by atoms with E-state index < -0.39 is 5.91 Å². The minimum Gasteiger partial charge on any atom is -0.496 e. The third-order valence-corrected chi connectivity index (χ3v) is 6.20. The van der Waals surface area contributed by atoms with Gasteiger partial charge in [-0.2, -0.15) is 0 Å². The zero-order valence-corrected chi connectivity index (χ0v) is 21.8. The molecule has 1 saturated heterocycles. The molecule has 0 radical (unpaired) electrons. The molecule has 0 aromatic heterocycles. The molecule has 0 spiro atoms. The highest BCUT2D eigenvalue weighted by atomic mass is 79.9. The van der Waals surface area contributed by atoms with Gasteiger partial charge in [-0.25, -0.2) is 0 Å². The summed E-state index contributed by atoms with van der Waals surface area (Å²) < 4.78 is 6.03. The molecule has 1 heterocycles. The number of benzene rings is 2. The molecule has 176 valence electrons. The van der Waals surface area contributed by atoms with Gasteiger partial charge < -0.3 is 19.9 Å². The van der Waals surface area contributed by atoms with Crippen LogP contribution >= 0.6 is 39.7 Å². The first-order valence-corrected chi connectivity index (χ1v) is 12.1. The summed E-state index contributed by atoms with van der Waals surface area (Å²) >= 11 is 15.0. The number of methoxy groups -OCH3 is 1. The minimum absolute atomic E-state index is 0.0193. The second-order valence-electron chi connectivity index (χ2n) is 7.88. The van der Waals surface area contributed by atoms with E-state index >= 15 is 0 Å². The summed E-state index contributed by atoms with van der Waals surface area (Å²) in [5, 5.41) is 6.47. The number of amides is 2. The first kappa shape index (κ1) is 25.3. The number of hydrogen-bond acceptors (Lipinski definition) is 5. The zero-order chi connectivity index (χ0) is 24.1. The number of nitrogens with zero attached hydrogens (tertiary/aromatic N) is 2. The highest BCUT2D eigenvalue weighted by Gasteiger charge is 2.24. The van der Waals surface area contributed by atoms with E-state index in [-0.39, 0.29) is 16.9 Å². The first-order valence-electron chi connectivity index (χ1n) is 10.5. The third kappa shape index (κ3) is 6.37. The Balaban J connectivity index is 1.71. The van der Waals surface area contributed by atoms with Gasteiger partial charge in [0, 0.05) is 41.6 Å². The quantitative estimate of drug-likeness (QED) is 0.530. The third-order valence-electron chi connectivity index (χ3n) is 5.27. The van der Waals surface area contributed by atoms with Crippen molar-refractivity contribution in [3.8, 4) is 5.75 Å². The molecule has 0 atom stereocenters. The number of anilines is 2. The van der Waals surface area contributed by atoms with E-state index in [4.69, 9.17) is 28.6 Å². The Morgan fingerprint density at radius 1 is 1.12 bits per heavy atom. The van der Waals surface area contributed by atoms with Crippen molar-refractivity contribution in [1.82, 2.24) is 10.2 Å². The van der Waals surface area contributed by atoms with Crippen LogP contribution < -0.4 is 20.3 Å². The maximum atomic E-state index is 12.8. The van der Waals surface area contributed by atoms with Crippen molar-refractivity contribution >= 4 is 68.1 Å². The lowest BCUT2D eigenvalue weighted by Gasteiger charge is -2.37. The molecule has 33 heavy (non-hydrogen) atoms. The van der Waals surface area contributed by atoms with E-state index in [0.717, 1.165) is 10.2 Å². The molecule has 2 N–H and O–H groups in total. The molecule has 3 rings (SSSR count). The Morgan fingerprint density at radius 3 is 2.45 bits per heavy atom. The van der Waals surface area contributed by atoms with Crippen molar-refractivity contribution < 1.29 is 14.3 Å². The molecule has 1 aliphatic heterocycles. The van der Waals surface area contributed by atoms with Gasteiger partial charge >= 0.3 is 0 Å². The fourth-order valence-electron chi connectivity index (χ4n) is 3.60. The molecule has 0 unspecified atom stereocenters. The minimum atomic E-state index is -0.393. The monoisotopic (exact) mass is 552 g/mol. The topological polar surface area (TPSA) is 73.9 Å². The lowest BCUT2D eigenvalue weighted by molar-refractivity contribution is -0.134. The van der Waals surface area contributed by atoms with Gasteiger partial charge in [0.15, 0.2) is 5.11 Å². The number of piperazine rings is 1. The molecule has 2 aromatic rings. The highest BCUT2D eigenvalue weighted by molar-refractivity contribution is 9.10. The van der Waals surface area contributed by atoms with E-state index in [9.17, 15) is 9.59 Å². The van der Waals surface area contributed by atoms with Crippen LogP contribution in [0.3, 0.4) is 0 Å². The van der Waals surface area contributed by atoms with E-state index in [1.807, 2.05) is 30.9 Å². The maximum Gasteiger partial charge on any atom is 0.261 e. The molecule has 2 amide bonds. The molecule has 0 aliphatic carbocycles. The number of carbonyl (C=O) groups is 2. The zero-order valence-electron chi connectivity index (χ0n) is 18.7. The fraction of sp³-hybridized carbons (Fsp3) is 0.348. The second-order valence-corrected chi connectivity index (χ2v) is 9.64. The van der Waals surface area contributed by atoms with Crippen LogP contribution in [-0.4, -0.2) is 55.1 Å². The van der Waals surface area contributed by atoms with Gasteiger partial charge in [0.2, 0.25) is 5.91 Å². The molecule has 7 nitrogen and oxygen atoms in total. The number of ether oxygens (including phenoxy) is 1. The van der Waals surface area contributed by atoms with Gasteiger partial charge in [-0.1, -0.05) is 41.4 Å². The van der Waals surface area contributed by atoms with Crippen molar-refractivity contribution in [3.63, 3.8) is 0 Å². The van der Waals surface area contributed by atoms with Gasteiger partial charge in [-0.3, -0.25) is 14.9 Å². The number of rotatable bonds is 5. The van der Waals surface area contributed by atoms with Crippen LogP contribution in [0.4, 0.5) is 11.4 Å². The number of halogens is 2. The number of carbonyl (C=O) groups excluding carboxylic acids is 2. The van der Waals surface area contributed by atoms with Crippen LogP contribution in [0.5, 0.6) is 5.75 Å². The average Bonchev–Trinajstić information content (AvgIpc) is 2.78. The first-order chi connectivity index (χ1) is 15.7. The van der Waals surface area contributed by atoms with Crippen molar-refractivity contribution in [3.05, 3.63) is 51.5 Å². The lowest BCUT2D eigenvalue weighted by Crippen LogP contribution is -2.50. The predicted molar refractivity (Wildman–Crippen MR) is 139 cm³/mol. The lowest BCUT2D eigenvalue weighted by atomic mass is 10.1. The SMILES string of the molecule is COc1ccc(Br)cc1C(=O)NC(=S)Nc1cc(Cl)ccc1N1CCN(C(=O)C(C)C)CC1. The highest BCUT2D eigenvalue weighted by Crippen LogP contribution is 2.30. The fourth-order valence-corrected chi connectivity index (χ4v) is 4.33. The molecule has 1 fully saturated rings. The van der Waals surface area contributed by atoms with E-state index in [2.05, 4.69) is 31.5 Å². The van der Waals surface area contributed by atoms with Gasteiger partial charge in [-0.15, -0.1) is 0 Å². The smallest absolute Gasteiger partial charge is 0.261 e. The molecule has 1 aliphatic rings. The number of nitrogens with one attached hydrogen (secondary N) is 2. The van der Waals surface area contributed by atoms with Crippen molar-refractivity contribution in [2.24, 2.45) is 5.92 Å². The Morgan fingerprint density at radius 2 is 1.82 bits per heavy atom. The summed E-state index contributed by atoms with van der Waals surface area (Å²) in [6.45, 7) is 6.47. The molecular formula is C23H26BrClN4O3S. The van der Waals surface area contributed by atoms with Crippen molar-refractivity contribution in [2.45, 2.75) is 13.8 Å². The summed E-state index contributed by atoms with van der Waals surface area (Å²) in [5.74, 6) is 0.191. The van der Waals surface area contributed by atoms with Crippen LogP contribution in [0, 0.1) is 5.92 Å². The molecule has 2 aromatic carbocycles. The molecular weight excluding hydrogens is 528 g/mol. The summed E-state index contributed by atoms with van der Waals surface area (Å²) in [5.41, 5.74) is 1.93. The second kappa shape index (κ2) is 11.2. The largest absolute Gasteiger partial charge is 0.496 e. The summed E-state index contributed by atoms with van der Waals surface area (Å²) in [6.07, 6.45) is 0. The Bertz CT molecular complexity index is 1060. The van der Waals surface area contributed by atoms with Crippen LogP contribution in [0.15, 0.2) is 40.9 Å².